The van der Waals surface area contributed by atoms with Gasteiger partial charge < -0.3 is 0 Å². The molecule has 0 spiro atoms. The lowest BCUT2D eigenvalue weighted by Crippen LogP contribution is -2.38. The molecule has 7 heteroatoms. The number of benzene rings is 1. The van der Waals surface area contributed by atoms with E-state index in [1.54, 1.807) is 19.1 Å². The fourth-order valence-electron chi connectivity index (χ4n) is 4.20. The summed E-state index contributed by atoms with van der Waals surface area (Å²) in [6.45, 7) is 1.65. The molecule has 1 saturated heterocycles. The normalized spacial score (nSPS) is 30.4. The summed E-state index contributed by atoms with van der Waals surface area (Å²) in [6.07, 6.45) is 7.31. The van der Waals surface area contributed by atoms with Gasteiger partial charge in [-0.15, -0.1) is 0 Å². The van der Waals surface area contributed by atoms with Gasteiger partial charge in [-0.25, -0.2) is 0 Å². The molecular formula is C18H17N3O4. The van der Waals surface area contributed by atoms with Gasteiger partial charge in [-0.05, 0) is 31.6 Å². The number of nitrogens with zero attached hydrogens (tertiary/aromatic N) is 3. The van der Waals surface area contributed by atoms with Crippen LogP contribution in [0, 0.1) is 40.7 Å². The zero-order valence-corrected chi connectivity index (χ0v) is 13.7. The molecule has 1 aliphatic heterocycles. The maximum absolute atomic E-state index is 12.6. The number of carbonyl (C=O) groups excluding carboxylic acids is 2. The van der Waals surface area contributed by atoms with Crippen LogP contribution in [0.5, 0.6) is 0 Å². The van der Waals surface area contributed by atoms with Gasteiger partial charge in [0, 0.05) is 17.2 Å². The van der Waals surface area contributed by atoms with Crippen molar-refractivity contribution in [3.63, 3.8) is 0 Å². The van der Waals surface area contributed by atoms with E-state index in [9.17, 15) is 19.7 Å². The van der Waals surface area contributed by atoms with Crippen LogP contribution in [-0.2, 0) is 9.59 Å². The number of imide groups is 1. The molecule has 0 aromatic heterocycles. The Balaban J connectivity index is 1.60. The van der Waals surface area contributed by atoms with Crippen LogP contribution in [0.15, 0.2) is 35.5 Å². The standard InChI is InChI=1S/C18H17N3O4/c1-10-2-3-11(8-14(10)21(24)25)9-19-20-17(22)15-12-4-5-13(7-6-12)16(15)18(20)23/h2-5,8-9,12-13,15-16H,6-7H2,1H3/b19-9-/t12-,13-,15-,16+/m1/s1. The molecule has 1 aromatic rings. The average molecular weight is 339 g/mol. The van der Waals surface area contributed by atoms with Crippen LogP contribution >= 0.6 is 0 Å². The number of amides is 2. The number of hydrogen-bond acceptors (Lipinski definition) is 5. The van der Waals surface area contributed by atoms with Gasteiger partial charge in [0.25, 0.3) is 17.5 Å². The van der Waals surface area contributed by atoms with Gasteiger partial charge in [-0.3, -0.25) is 19.7 Å². The lowest BCUT2D eigenvalue weighted by Gasteiger charge is -2.37. The first-order chi connectivity index (χ1) is 12.0. The van der Waals surface area contributed by atoms with E-state index in [-0.39, 0.29) is 41.2 Å². The molecule has 1 aromatic carbocycles. The van der Waals surface area contributed by atoms with Crippen molar-refractivity contribution in [3.8, 4) is 0 Å². The topological polar surface area (TPSA) is 92.9 Å². The molecule has 4 aliphatic rings. The molecule has 25 heavy (non-hydrogen) atoms. The van der Waals surface area contributed by atoms with Crippen molar-refractivity contribution in [3.05, 3.63) is 51.6 Å². The third-order valence-corrected chi connectivity index (χ3v) is 5.49. The van der Waals surface area contributed by atoms with Gasteiger partial charge in [0.2, 0.25) is 0 Å². The maximum atomic E-state index is 12.6. The first-order valence-electron chi connectivity index (χ1n) is 8.32. The first kappa shape index (κ1) is 15.7. The first-order valence-corrected chi connectivity index (χ1v) is 8.32. The fraction of sp³-hybridized carbons (Fsp3) is 0.389. The van der Waals surface area contributed by atoms with E-state index in [0.29, 0.717) is 11.1 Å². The highest BCUT2D eigenvalue weighted by Crippen LogP contribution is 2.49. The minimum absolute atomic E-state index is 0.0149. The molecule has 1 saturated carbocycles. The van der Waals surface area contributed by atoms with E-state index < -0.39 is 4.92 Å². The van der Waals surface area contributed by atoms with Crippen LogP contribution in [0.25, 0.3) is 0 Å². The summed E-state index contributed by atoms with van der Waals surface area (Å²) in [6, 6.07) is 4.69. The number of carbonyl (C=O) groups is 2. The van der Waals surface area contributed by atoms with E-state index in [1.807, 2.05) is 0 Å². The Kier molecular flexibility index (Phi) is 3.52. The number of hydrazone groups is 1. The van der Waals surface area contributed by atoms with Gasteiger partial charge in [-0.1, -0.05) is 24.3 Å². The zero-order valence-electron chi connectivity index (χ0n) is 13.7. The van der Waals surface area contributed by atoms with Crippen LogP contribution in [0.4, 0.5) is 5.69 Å². The van der Waals surface area contributed by atoms with Crippen molar-refractivity contribution < 1.29 is 14.5 Å². The SMILES string of the molecule is Cc1ccc(/C=N\N2C(=O)[C@@H]3[C@H](C2=O)[C@@H]2C=C[C@@H]3CC2)cc1[N+](=O)[O-]. The van der Waals surface area contributed by atoms with Crippen LogP contribution in [0.2, 0.25) is 0 Å². The molecule has 0 unspecified atom stereocenters. The highest BCUT2D eigenvalue weighted by atomic mass is 16.6. The number of fused-ring (bicyclic) bond motifs is 1. The summed E-state index contributed by atoms with van der Waals surface area (Å²) >= 11 is 0. The van der Waals surface area contributed by atoms with Gasteiger partial charge in [0.15, 0.2) is 0 Å². The molecule has 1 heterocycles. The van der Waals surface area contributed by atoms with Crippen LogP contribution < -0.4 is 0 Å². The van der Waals surface area contributed by atoms with Crippen molar-refractivity contribution in [1.29, 1.82) is 0 Å². The molecule has 2 amide bonds. The summed E-state index contributed by atoms with van der Waals surface area (Å²) < 4.78 is 0. The Morgan fingerprint density at radius 3 is 2.28 bits per heavy atom. The maximum Gasteiger partial charge on any atom is 0.272 e. The summed E-state index contributed by atoms with van der Waals surface area (Å²) in [5.74, 6) is -0.889. The summed E-state index contributed by atoms with van der Waals surface area (Å²) in [4.78, 5) is 35.8. The lowest BCUT2D eigenvalue weighted by molar-refractivity contribution is -0.385. The molecule has 128 valence electrons. The zero-order chi connectivity index (χ0) is 17.7. The predicted molar refractivity (Wildman–Crippen MR) is 89.6 cm³/mol. The summed E-state index contributed by atoms with van der Waals surface area (Å²) in [5, 5.41) is 16.0. The minimum atomic E-state index is -0.462. The molecule has 2 fully saturated rings. The Labute approximate surface area is 144 Å². The van der Waals surface area contributed by atoms with Crippen LogP contribution in [-0.4, -0.2) is 28.0 Å². The molecule has 7 nitrogen and oxygen atoms in total. The van der Waals surface area contributed by atoms with E-state index in [2.05, 4.69) is 17.3 Å². The number of allylic oxidation sites excluding steroid dienone is 2. The Hall–Kier alpha value is -2.83. The van der Waals surface area contributed by atoms with Gasteiger partial charge >= 0.3 is 0 Å². The number of nitro benzene ring substituents is 1. The highest BCUT2D eigenvalue weighted by Gasteiger charge is 2.56. The molecule has 0 radical (unpaired) electrons. The van der Waals surface area contributed by atoms with Crippen molar-refractivity contribution in [2.45, 2.75) is 19.8 Å². The third-order valence-electron chi connectivity index (χ3n) is 5.49. The highest BCUT2D eigenvalue weighted by molar-refractivity contribution is 6.06. The molecule has 0 N–H and O–H groups in total. The summed E-state index contributed by atoms with van der Waals surface area (Å²) in [5.41, 5.74) is 1.01. The van der Waals surface area contributed by atoms with Crippen molar-refractivity contribution >= 4 is 23.7 Å². The lowest BCUT2D eigenvalue weighted by atomic mass is 9.63. The predicted octanol–water partition coefficient (Wildman–Crippen LogP) is 2.43. The fourth-order valence-corrected chi connectivity index (χ4v) is 4.20. The van der Waals surface area contributed by atoms with E-state index in [4.69, 9.17) is 0 Å². The van der Waals surface area contributed by atoms with Crippen molar-refractivity contribution in [2.24, 2.45) is 28.8 Å². The Morgan fingerprint density at radius 1 is 1.16 bits per heavy atom. The van der Waals surface area contributed by atoms with Gasteiger partial charge in [-0.2, -0.15) is 10.1 Å². The van der Waals surface area contributed by atoms with Crippen molar-refractivity contribution in [1.82, 2.24) is 5.01 Å². The van der Waals surface area contributed by atoms with Gasteiger partial charge in [0.05, 0.1) is 23.0 Å². The molecule has 3 aliphatic carbocycles. The van der Waals surface area contributed by atoms with E-state index in [0.717, 1.165) is 17.9 Å². The molecular weight excluding hydrogens is 322 g/mol. The van der Waals surface area contributed by atoms with E-state index >= 15 is 0 Å². The number of nitro groups is 1. The monoisotopic (exact) mass is 339 g/mol. The number of aryl methyl sites for hydroxylation is 1. The van der Waals surface area contributed by atoms with Crippen LogP contribution in [0.1, 0.15) is 24.0 Å². The van der Waals surface area contributed by atoms with Gasteiger partial charge in [0.1, 0.15) is 0 Å². The second kappa shape index (κ2) is 5.61. The van der Waals surface area contributed by atoms with E-state index in [1.165, 1.54) is 12.3 Å². The third kappa shape index (κ3) is 2.38. The smallest absolute Gasteiger partial charge is 0.272 e. The number of rotatable bonds is 3. The summed E-state index contributed by atoms with van der Waals surface area (Å²) in [7, 11) is 0. The minimum Gasteiger partial charge on any atom is -0.272 e. The van der Waals surface area contributed by atoms with Crippen molar-refractivity contribution in [2.75, 3.05) is 0 Å². The number of hydrogen-bond donors (Lipinski definition) is 0. The average Bonchev–Trinajstić information content (AvgIpc) is 2.88. The second-order valence-corrected chi connectivity index (χ2v) is 6.88. The molecule has 4 atom stereocenters. The molecule has 5 rings (SSSR count). The largest absolute Gasteiger partial charge is 0.272 e. The quantitative estimate of drug-likeness (QED) is 0.278. The van der Waals surface area contributed by atoms with Crippen LogP contribution in [0.3, 0.4) is 0 Å². The Bertz CT molecular complexity index is 813. The molecule has 2 bridgehead atoms. The second-order valence-electron chi connectivity index (χ2n) is 6.88. The Morgan fingerprint density at radius 2 is 1.76 bits per heavy atom.